The van der Waals surface area contributed by atoms with Crippen molar-refractivity contribution in [2.75, 3.05) is 0 Å². The van der Waals surface area contributed by atoms with Gasteiger partial charge in [0.05, 0.1) is 0 Å². The third-order valence-electron chi connectivity index (χ3n) is 2.33. The molecule has 0 aliphatic heterocycles. The summed E-state index contributed by atoms with van der Waals surface area (Å²) in [5.41, 5.74) is 0.0158. The highest BCUT2D eigenvalue weighted by Crippen LogP contribution is 2.15. The fraction of sp³-hybridized carbons (Fsp3) is 0.0833. The van der Waals surface area contributed by atoms with E-state index in [2.05, 4.69) is 4.98 Å². The van der Waals surface area contributed by atoms with Gasteiger partial charge in [-0.3, -0.25) is 14.2 Å². The van der Waals surface area contributed by atoms with Crippen LogP contribution >= 0.6 is 0 Å². The van der Waals surface area contributed by atoms with E-state index in [1.54, 1.807) is 0 Å². The van der Waals surface area contributed by atoms with Crippen LogP contribution in [0, 0.1) is 5.82 Å². The molecule has 0 fully saturated rings. The molecule has 2 aromatic rings. The molecule has 6 heteroatoms. The van der Waals surface area contributed by atoms with Crippen molar-refractivity contribution in [1.29, 1.82) is 0 Å². The summed E-state index contributed by atoms with van der Waals surface area (Å²) in [4.78, 5) is 26.3. The van der Waals surface area contributed by atoms with E-state index in [9.17, 15) is 14.0 Å². The first-order valence-corrected chi connectivity index (χ1v) is 5.11. The smallest absolute Gasteiger partial charge is 0.323 e. The fourth-order valence-electron chi connectivity index (χ4n) is 1.55. The molecule has 0 saturated carbocycles. The molecule has 0 atom stereocenters. The van der Waals surface area contributed by atoms with Gasteiger partial charge in [-0.15, -0.1) is 0 Å². The lowest BCUT2D eigenvalue weighted by Gasteiger charge is -2.09. The first-order chi connectivity index (χ1) is 8.58. The molecule has 1 aromatic heterocycles. The summed E-state index contributed by atoms with van der Waals surface area (Å²) in [6, 6.07) is 6.50. The molecule has 0 aliphatic carbocycles. The molecule has 0 unspecified atom stereocenters. The lowest BCUT2D eigenvalue weighted by molar-refractivity contribution is -0.137. The summed E-state index contributed by atoms with van der Waals surface area (Å²) in [7, 11) is 0. The molecule has 0 amide bonds. The van der Waals surface area contributed by atoms with E-state index in [1.165, 1.54) is 36.5 Å². The van der Waals surface area contributed by atoms with Gasteiger partial charge in [0.25, 0.3) is 5.56 Å². The van der Waals surface area contributed by atoms with Crippen LogP contribution in [0.15, 0.2) is 41.3 Å². The molecule has 0 aliphatic rings. The van der Waals surface area contributed by atoms with Crippen molar-refractivity contribution < 1.29 is 14.3 Å². The van der Waals surface area contributed by atoms with Crippen LogP contribution in [0.3, 0.4) is 0 Å². The predicted molar refractivity (Wildman–Crippen MR) is 61.5 cm³/mol. The van der Waals surface area contributed by atoms with Gasteiger partial charge in [-0.1, -0.05) is 0 Å². The molecule has 1 aromatic carbocycles. The van der Waals surface area contributed by atoms with Crippen LogP contribution in [0.2, 0.25) is 0 Å². The van der Waals surface area contributed by atoms with Crippen molar-refractivity contribution in [1.82, 2.24) is 9.55 Å². The molecule has 18 heavy (non-hydrogen) atoms. The maximum atomic E-state index is 12.8. The van der Waals surface area contributed by atoms with Gasteiger partial charge in [-0.25, -0.2) is 9.37 Å². The molecular weight excluding hydrogens is 239 g/mol. The number of aromatic nitrogens is 2. The normalized spacial score (nSPS) is 10.3. The molecule has 2 rings (SSSR count). The highest BCUT2D eigenvalue weighted by atomic mass is 19.1. The van der Waals surface area contributed by atoms with E-state index in [4.69, 9.17) is 5.11 Å². The number of hydrogen-bond acceptors (Lipinski definition) is 3. The molecule has 92 valence electrons. The van der Waals surface area contributed by atoms with Gasteiger partial charge in [-0.2, -0.15) is 0 Å². The van der Waals surface area contributed by atoms with Gasteiger partial charge >= 0.3 is 5.97 Å². The quantitative estimate of drug-likeness (QED) is 0.883. The minimum Gasteiger partial charge on any atom is -0.480 e. The number of nitrogens with zero attached hydrogens (tertiary/aromatic N) is 2. The number of carbonyl (C=O) groups is 1. The van der Waals surface area contributed by atoms with Crippen LogP contribution in [-0.2, 0) is 11.3 Å². The maximum absolute atomic E-state index is 12.8. The Kier molecular flexibility index (Phi) is 3.18. The molecule has 0 spiro atoms. The Hall–Kier alpha value is -2.50. The number of rotatable bonds is 3. The van der Waals surface area contributed by atoms with Crippen molar-refractivity contribution in [2.24, 2.45) is 0 Å². The summed E-state index contributed by atoms with van der Waals surface area (Å²) in [6.45, 7) is -0.487. The Labute approximate surface area is 101 Å². The average molecular weight is 248 g/mol. The topological polar surface area (TPSA) is 72.2 Å². The molecular formula is C12H9FN2O3. The van der Waals surface area contributed by atoms with Crippen molar-refractivity contribution in [2.45, 2.75) is 6.54 Å². The second kappa shape index (κ2) is 4.79. The van der Waals surface area contributed by atoms with Crippen molar-refractivity contribution >= 4 is 5.97 Å². The molecule has 5 nitrogen and oxygen atoms in total. The lowest BCUT2D eigenvalue weighted by Crippen LogP contribution is -2.25. The zero-order valence-corrected chi connectivity index (χ0v) is 9.21. The Bertz CT molecular complexity index is 635. The molecule has 0 bridgehead atoms. The second-order valence-electron chi connectivity index (χ2n) is 3.59. The SMILES string of the molecule is O=C(O)Cn1c(-c2ccc(F)cc2)nccc1=O. The van der Waals surface area contributed by atoms with Crippen LogP contribution in [0.4, 0.5) is 4.39 Å². The first kappa shape index (κ1) is 12.0. The molecule has 0 saturated heterocycles. The van der Waals surface area contributed by atoms with Gasteiger partial charge in [0.15, 0.2) is 0 Å². The molecule has 1 N–H and O–H groups in total. The summed E-state index contributed by atoms with van der Waals surface area (Å²) in [6.07, 6.45) is 1.29. The van der Waals surface area contributed by atoms with E-state index in [1.807, 2.05) is 0 Å². The number of carboxylic acid groups (broad SMARTS) is 1. The fourth-order valence-corrected chi connectivity index (χ4v) is 1.55. The number of carboxylic acids is 1. The number of aliphatic carboxylic acids is 1. The highest BCUT2D eigenvalue weighted by Gasteiger charge is 2.10. The number of hydrogen-bond donors (Lipinski definition) is 1. The highest BCUT2D eigenvalue weighted by molar-refractivity contribution is 5.68. The van der Waals surface area contributed by atoms with Crippen molar-refractivity contribution in [3.63, 3.8) is 0 Å². The zero-order chi connectivity index (χ0) is 13.1. The van der Waals surface area contributed by atoms with Gasteiger partial charge in [0, 0.05) is 17.8 Å². The standard InChI is InChI=1S/C12H9FN2O3/c13-9-3-1-8(2-4-9)12-14-6-5-10(16)15(12)7-11(17)18/h1-6H,7H2,(H,17,18). The van der Waals surface area contributed by atoms with Gasteiger partial charge in [0.1, 0.15) is 18.2 Å². The Morgan fingerprint density at radius 2 is 1.94 bits per heavy atom. The molecule has 0 radical (unpaired) electrons. The minimum atomic E-state index is -1.14. The Morgan fingerprint density at radius 3 is 2.56 bits per heavy atom. The van der Waals surface area contributed by atoms with Gasteiger partial charge in [-0.05, 0) is 24.3 Å². The number of benzene rings is 1. The third-order valence-corrected chi connectivity index (χ3v) is 2.33. The minimum absolute atomic E-state index is 0.199. The van der Waals surface area contributed by atoms with E-state index in [0.29, 0.717) is 5.56 Å². The summed E-state index contributed by atoms with van der Waals surface area (Å²) in [5.74, 6) is -1.36. The van der Waals surface area contributed by atoms with E-state index in [0.717, 1.165) is 4.57 Å². The average Bonchev–Trinajstić information content (AvgIpc) is 2.32. The first-order valence-electron chi connectivity index (χ1n) is 5.11. The summed E-state index contributed by atoms with van der Waals surface area (Å²) in [5, 5.41) is 8.76. The lowest BCUT2D eigenvalue weighted by atomic mass is 10.2. The molecule has 1 heterocycles. The van der Waals surface area contributed by atoms with Gasteiger partial charge < -0.3 is 5.11 Å². The second-order valence-corrected chi connectivity index (χ2v) is 3.59. The Morgan fingerprint density at radius 1 is 1.28 bits per heavy atom. The van der Waals surface area contributed by atoms with Crippen LogP contribution in [0.25, 0.3) is 11.4 Å². The number of halogens is 1. The summed E-state index contributed by atoms with van der Waals surface area (Å²) >= 11 is 0. The summed E-state index contributed by atoms with van der Waals surface area (Å²) < 4.78 is 13.8. The maximum Gasteiger partial charge on any atom is 0.323 e. The Balaban J connectivity index is 2.56. The van der Waals surface area contributed by atoms with Crippen LogP contribution in [0.5, 0.6) is 0 Å². The van der Waals surface area contributed by atoms with Crippen LogP contribution in [0.1, 0.15) is 0 Å². The van der Waals surface area contributed by atoms with Crippen LogP contribution in [-0.4, -0.2) is 20.6 Å². The van der Waals surface area contributed by atoms with Crippen molar-refractivity contribution in [3.05, 3.63) is 52.7 Å². The monoisotopic (exact) mass is 248 g/mol. The largest absolute Gasteiger partial charge is 0.480 e. The zero-order valence-electron chi connectivity index (χ0n) is 9.21. The van der Waals surface area contributed by atoms with Gasteiger partial charge in [0.2, 0.25) is 0 Å². The van der Waals surface area contributed by atoms with E-state index < -0.39 is 23.9 Å². The van der Waals surface area contributed by atoms with E-state index in [-0.39, 0.29) is 5.82 Å². The predicted octanol–water partition coefficient (Wildman–Crippen LogP) is 1.13. The van der Waals surface area contributed by atoms with Crippen LogP contribution < -0.4 is 5.56 Å². The third kappa shape index (κ3) is 2.42. The van der Waals surface area contributed by atoms with E-state index >= 15 is 0 Å². The van der Waals surface area contributed by atoms with Crippen molar-refractivity contribution in [3.8, 4) is 11.4 Å².